The summed E-state index contributed by atoms with van der Waals surface area (Å²) in [5.74, 6) is -10.2. The smallest absolute Gasteiger partial charge is 0.351 e. The van der Waals surface area contributed by atoms with Gasteiger partial charge in [-0.15, -0.1) is 23.2 Å². The Morgan fingerprint density at radius 1 is 0.875 bits per heavy atom. The van der Waals surface area contributed by atoms with Gasteiger partial charge in [0.05, 0.1) is 10.9 Å². The normalized spacial score (nSPS) is 18.2. The van der Waals surface area contributed by atoms with E-state index in [1.165, 1.54) is 29.6 Å². The molecule has 2 unspecified atom stereocenters. The maximum atomic E-state index is 12.9. The zero-order chi connectivity index (χ0) is 30.0. The molecule has 1 aliphatic rings. The monoisotopic (exact) mass is 666 g/mol. The Hall–Kier alpha value is -1.85. The second-order valence-corrected chi connectivity index (χ2v) is 11.8. The average Bonchev–Trinajstić information content (AvgIpc) is 3.42. The summed E-state index contributed by atoms with van der Waals surface area (Å²) < 4.78 is 61.0. The molecule has 0 spiro atoms. The minimum Gasteiger partial charge on any atom is -0.351 e. The Kier molecular flexibility index (Phi) is 10.3. The quantitative estimate of drug-likeness (QED) is 0.110. The van der Waals surface area contributed by atoms with Crippen LogP contribution in [-0.2, 0) is 9.59 Å². The first-order valence-corrected chi connectivity index (χ1v) is 13.6. The van der Waals surface area contributed by atoms with Crippen LogP contribution in [0, 0.1) is 5.92 Å². The summed E-state index contributed by atoms with van der Waals surface area (Å²) in [6, 6.07) is 9.01. The Morgan fingerprint density at radius 3 is 2.10 bits per heavy atom. The lowest BCUT2D eigenvalue weighted by atomic mass is 10.0. The van der Waals surface area contributed by atoms with Crippen LogP contribution in [0.2, 0.25) is 15.1 Å². The van der Waals surface area contributed by atoms with E-state index in [0.717, 1.165) is 0 Å². The fraction of sp³-hybridized carbons (Fsp3) is 0.400. The van der Waals surface area contributed by atoms with Crippen molar-refractivity contribution in [2.75, 3.05) is 11.9 Å². The van der Waals surface area contributed by atoms with Crippen molar-refractivity contribution < 1.29 is 36.3 Å². The van der Waals surface area contributed by atoms with Crippen LogP contribution in [0.15, 0.2) is 36.4 Å². The van der Waals surface area contributed by atoms with Crippen molar-refractivity contribution in [2.24, 2.45) is 5.92 Å². The lowest BCUT2D eigenvalue weighted by Crippen LogP contribution is -2.50. The Bertz CT molecular complexity index is 1290. The van der Waals surface area contributed by atoms with E-state index >= 15 is 0 Å². The Balaban J connectivity index is 1.52. The van der Waals surface area contributed by atoms with E-state index in [9.17, 15) is 36.3 Å². The third kappa shape index (κ3) is 7.50. The van der Waals surface area contributed by atoms with Crippen molar-refractivity contribution in [3.63, 3.8) is 0 Å². The van der Waals surface area contributed by atoms with Gasteiger partial charge >= 0.3 is 12.1 Å². The lowest BCUT2D eigenvalue weighted by molar-refractivity contribution is -0.269. The number of alkyl halides is 7. The zero-order valence-electron chi connectivity index (χ0n) is 20.2. The van der Waals surface area contributed by atoms with Gasteiger partial charge in [-0.2, -0.15) is 22.0 Å². The van der Waals surface area contributed by atoms with Gasteiger partial charge in [0.1, 0.15) is 4.33 Å². The van der Waals surface area contributed by atoms with E-state index in [1.54, 1.807) is 12.1 Å². The van der Waals surface area contributed by atoms with Gasteiger partial charge in [-0.1, -0.05) is 41.2 Å². The number of unbranched alkanes of at least 4 members (excludes halogenated alkanes) is 2. The minimum atomic E-state index is -5.99. The van der Waals surface area contributed by atoms with E-state index < -0.39 is 52.4 Å². The van der Waals surface area contributed by atoms with Crippen molar-refractivity contribution in [2.45, 2.75) is 48.0 Å². The van der Waals surface area contributed by atoms with Crippen LogP contribution in [-0.4, -0.2) is 40.6 Å². The van der Waals surface area contributed by atoms with E-state index in [2.05, 4.69) is 5.32 Å². The maximum absolute atomic E-state index is 12.9. The van der Waals surface area contributed by atoms with Crippen molar-refractivity contribution in [3.05, 3.63) is 62.6 Å². The zero-order valence-corrected chi connectivity index (χ0v) is 23.9. The van der Waals surface area contributed by atoms with Gasteiger partial charge in [0.2, 0.25) is 5.91 Å². The summed E-state index contributed by atoms with van der Waals surface area (Å²) in [5.41, 5.74) is 0.947. The lowest BCUT2D eigenvalue weighted by Gasteiger charge is -2.18. The van der Waals surface area contributed by atoms with Gasteiger partial charge in [-0.3, -0.25) is 14.4 Å². The van der Waals surface area contributed by atoms with Crippen molar-refractivity contribution in [3.8, 4) is 0 Å². The fourth-order valence-corrected chi connectivity index (χ4v) is 5.62. The standard InChI is InChI=1S/C25H20Cl5F5N2O3/c26-13-8-12(9-14(27)10-13)19-20(23(19,29)30)21(39)37-15-5-6-17(28)16(11-15)18(38)4-2-1-3-7-36-22(40)24(31,32)25(33,34)35/h5-6,8-11,19-20H,1-4,7H2,(H,36,40)(H,37,39). The van der Waals surface area contributed by atoms with Crippen LogP contribution in [0.4, 0.5) is 27.6 Å². The fourth-order valence-electron chi connectivity index (χ4n) is 4.02. The predicted octanol–water partition coefficient (Wildman–Crippen LogP) is 8.23. The molecule has 0 bridgehead atoms. The Morgan fingerprint density at radius 2 is 1.50 bits per heavy atom. The van der Waals surface area contributed by atoms with E-state index in [1.807, 2.05) is 0 Å². The number of anilines is 1. The number of hydrogen-bond donors (Lipinski definition) is 2. The van der Waals surface area contributed by atoms with E-state index in [4.69, 9.17) is 58.0 Å². The number of amides is 2. The molecule has 15 heteroatoms. The molecule has 1 saturated carbocycles. The van der Waals surface area contributed by atoms with Gasteiger partial charge in [0, 0.05) is 40.2 Å². The predicted molar refractivity (Wildman–Crippen MR) is 144 cm³/mol. The summed E-state index contributed by atoms with van der Waals surface area (Å²) in [5, 5.41) is 5.02. The number of carbonyl (C=O) groups excluding carboxylic acids is 3. The van der Waals surface area contributed by atoms with Crippen LogP contribution < -0.4 is 10.6 Å². The number of nitrogens with one attached hydrogen (secondary N) is 2. The first-order valence-electron chi connectivity index (χ1n) is 11.7. The first kappa shape index (κ1) is 32.7. The third-order valence-electron chi connectivity index (χ3n) is 6.12. The molecule has 3 rings (SSSR count). The topological polar surface area (TPSA) is 75.3 Å². The van der Waals surface area contributed by atoms with E-state index in [-0.39, 0.29) is 42.0 Å². The summed E-state index contributed by atoms with van der Waals surface area (Å²) in [6.07, 6.45) is -5.46. The highest BCUT2D eigenvalue weighted by Crippen LogP contribution is 2.65. The number of halogens is 10. The molecule has 2 N–H and O–H groups in total. The maximum Gasteiger partial charge on any atom is 0.463 e. The highest BCUT2D eigenvalue weighted by Gasteiger charge is 2.67. The third-order valence-corrected chi connectivity index (χ3v) is 7.83. The SMILES string of the molecule is O=C(CCCCCNC(=O)C(F)(F)C(F)(F)F)c1cc(NC(=O)C2C(c3cc(Cl)cc(Cl)c3)C2(Cl)Cl)ccc1Cl. The van der Waals surface area contributed by atoms with Gasteiger partial charge in [-0.05, 0) is 54.8 Å². The molecule has 40 heavy (non-hydrogen) atoms. The van der Waals surface area contributed by atoms with Crippen LogP contribution in [0.3, 0.4) is 0 Å². The average molecular weight is 669 g/mol. The summed E-state index contributed by atoms with van der Waals surface area (Å²) >= 11 is 31.0. The highest BCUT2D eigenvalue weighted by atomic mass is 35.5. The molecule has 0 heterocycles. The van der Waals surface area contributed by atoms with Crippen LogP contribution in [0.25, 0.3) is 0 Å². The van der Waals surface area contributed by atoms with Gasteiger partial charge in [0.25, 0.3) is 5.91 Å². The molecule has 5 nitrogen and oxygen atoms in total. The molecule has 0 saturated heterocycles. The molecule has 2 aromatic rings. The van der Waals surface area contributed by atoms with Crippen LogP contribution in [0.5, 0.6) is 0 Å². The second kappa shape index (κ2) is 12.6. The molecule has 2 amide bonds. The number of ketones is 1. The number of Topliss-reactive ketones (excluding diaryl/α,β-unsaturated/α-hetero) is 1. The molecule has 1 fully saturated rings. The van der Waals surface area contributed by atoms with Crippen molar-refractivity contribution in [1.29, 1.82) is 0 Å². The molecule has 218 valence electrons. The van der Waals surface area contributed by atoms with Gasteiger partial charge in [-0.25, -0.2) is 0 Å². The number of rotatable bonds is 11. The molecule has 0 aromatic heterocycles. The van der Waals surface area contributed by atoms with Gasteiger partial charge in [0.15, 0.2) is 5.78 Å². The number of hydrogen-bond acceptors (Lipinski definition) is 3. The van der Waals surface area contributed by atoms with Crippen LogP contribution >= 0.6 is 58.0 Å². The summed E-state index contributed by atoms with van der Waals surface area (Å²) in [7, 11) is 0. The summed E-state index contributed by atoms with van der Waals surface area (Å²) in [6.45, 7) is -0.423. The van der Waals surface area contributed by atoms with Crippen LogP contribution in [0.1, 0.15) is 47.5 Å². The highest BCUT2D eigenvalue weighted by molar-refractivity contribution is 6.53. The first-order chi connectivity index (χ1) is 18.5. The minimum absolute atomic E-state index is 0.0313. The summed E-state index contributed by atoms with van der Waals surface area (Å²) in [4.78, 5) is 36.7. The molecule has 0 aliphatic heterocycles. The van der Waals surface area contributed by atoms with Crippen molar-refractivity contribution in [1.82, 2.24) is 5.32 Å². The molecule has 1 aliphatic carbocycles. The number of carbonyl (C=O) groups is 3. The molecular formula is C25H20Cl5F5N2O3. The van der Waals surface area contributed by atoms with Crippen molar-refractivity contribution >= 4 is 81.3 Å². The Labute approximate surface area is 250 Å². The second-order valence-electron chi connectivity index (χ2n) is 9.08. The molecule has 2 aromatic carbocycles. The van der Waals surface area contributed by atoms with Gasteiger partial charge < -0.3 is 10.6 Å². The van der Waals surface area contributed by atoms with E-state index in [0.29, 0.717) is 15.6 Å². The molecular weight excluding hydrogens is 649 g/mol. The largest absolute Gasteiger partial charge is 0.463 e. The molecule has 0 radical (unpaired) electrons. The number of benzene rings is 2. The molecule has 2 atom stereocenters.